The van der Waals surface area contributed by atoms with Crippen molar-refractivity contribution >= 4 is 0 Å². The van der Waals surface area contributed by atoms with E-state index in [4.69, 9.17) is 4.74 Å². The number of β-amino-alcohol motifs (C(OH)–C–C–N with tert-alkyl or cyclic N) is 1. The fourth-order valence-corrected chi connectivity index (χ4v) is 2.46. The molecule has 0 aromatic carbocycles. The SMILES string of the molecule is CC(C)OCC(O)CN1CCCC1C(C)C. The lowest BCUT2D eigenvalue weighted by molar-refractivity contribution is -0.0121. The largest absolute Gasteiger partial charge is 0.389 e. The first-order valence-electron chi connectivity index (χ1n) is 6.54. The first-order chi connectivity index (χ1) is 7.50. The number of ether oxygens (including phenoxy) is 1. The number of hydrogen-bond donors (Lipinski definition) is 1. The van der Waals surface area contributed by atoms with Gasteiger partial charge < -0.3 is 9.84 Å². The minimum absolute atomic E-state index is 0.203. The van der Waals surface area contributed by atoms with E-state index in [1.165, 1.54) is 12.8 Å². The molecule has 16 heavy (non-hydrogen) atoms. The maximum atomic E-state index is 9.89. The van der Waals surface area contributed by atoms with Gasteiger partial charge in [-0.15, -0.1) is 0 Å². The minimum Gasteiger partial charge on any atom is -0.389 e. The lowest BCUT2D eigenvalue weighted by atomic mass is 10.0. The fraction of sp³-hybridized carbons (Fsp3) is 1.00. The van der Waals surface area contributed by atoms with E-state index in [2.05, 4.69) is 18.7 Å². The number of hydrogen-bond acceptors (Lipinski definition) is 3. The molecule has 1 saturated heterocycles. The van der Waals surface area contributed by atoms with Gasteiger partial charge in [-0.2, -0.15) is 0 Å². The Morgan fingerprint density at radius 3 is 2.56 bits per heavy atom. The van der Waals surface area contributed by atoms with Crippen molar-refractivity contribution in [2.24, 2.45) is 5.92 Å². The highest BCUT2D eigenvalue weighted by molar-refractivity contribution is 4.82. The van der Waals surface area contributed by atoms with Crippen LogP contribution in [0.25, 0.3) is 0 Å². The van der Waals surface area contributed by atoms with Gasteiger partial charge in [0.25, 0.3) is 0 Å². The summed E-state index contributed by atoms with van der Waals surface area (Å²) in [6, 6.07) is 0.647. The highest BCUT2D eigenvalue weighted by Gasteiger charge is 2.28. The lowest BCUT2D eigenvalue weighted by Crippen LogP contribution is -2.40. The van der Waals surface area contributed by atoms with Crippen molar-refractivity contribution in [2.75, 3.05) is 19.7 Å². The number of aliphatic hydroxyl groups is 1. The molecule has 0 amide bonds. The van der Waals surface area contributed by atoms with Crippen molar-refractivity contribution in [1.29, 1.82) is 0 Å². The summed E-state index contributed by atoms with van der Waals surface area (Å²) in [4.78, 5) is 2.42. The number of aliphatic hydroxyl groups excluding tert-OH is 1. The zero-order chi connectivity index (χ0) is 12.1. The van der Waals surface area contributed by atoms with Crippen LogP contribution in [0.1, 0.15) is 40.5 Å². The molecule has 3 nitrogen and oxygen atoms in total. The third-order valence-corrected chi connectivity index (χ3v) is 3.25. The average molecular weight is 229 g/mol. The molecule has 0 saturated carbocycles. The number of rotatable bonds is 6. The highest BCUT2D eigenvalue weighted by Crippen LogP contribution is 2.23. The second-order valence-corrected chi connectivity index (χ2v) is 5.48. The number of nitrogens with zero attached hydrogens (tertiary/aromatic N) is 1. The van der Waals surface area contributed by atoms with Crippen molar-refractivity contribution in [3.63, 3.8) is 0 Å². The minimum atomic E-state index is -0.346. The van der Waals surface area contributed by atoms with Gasteiger partial charge in [0, 0.05) is 12.6 Å². The van der Waals surface area contributed by atoms with Crippen molar-refractivity contribution in [1.82, 2.24) is 4.90 Å². The summed E-state index contributed by atoms with van der Waals surface area (Å²) in [5.41, 5.74) is 0. The van der Waals surface area contributed by atoms with Crippen LogP contribution in [0.3, 0.4) is 0 Å². The summed E-state index contributed by atoms with van der Waals surface area (Å²) >= 11 is 0. The molecule has 1 rings (SSSR count). The second kappa shape index (κ2) is 6.58. The lowest BCUT2D eigenvalue weighted by Gasteiger charge is -2.29. The van der Waals surface area contributed by atoms with E-state index in [1.54, 1.807) is 0 Å². The highest BCUT2D eigenvalue weighted by atomic mass is 16.5. The smallest absolute Gasteiger partial charge is 0.0900 e. The third kappa shape index (κ3) is 4.40. The average Bonchev–Trinajstić information content (AvgIpc) is 2.62. The van der Waals surface area contributed by atoms with E-state index in [9.17, 15) is 5.11 Å². The molecule has 96 valence electrons. The monoisotopic (exact) mass is 229 g/mol. The van der Waals surface area contributed by atoms with Crippen LogP contribution in [0.15, 0.2) is 0 Å². The maximum Gasteiger partial charge on any atom is 0.0900 e. The van der Waals surface area contributed by atoms with Gasteiger partial charge in [-0.05, 0) is 39.2 Å². The van der Waals surface area contributed by atoms with Crippen LogP contribution in [0.2, 0.25) is 0 Å². The Balaban J connectivity index is 2.29. The normalized spacial score (nSPS) is 24.6. The Morgan fingerprint density at radius 1 is 1.31 bits per heavy atom. The third-order valence-electron chi connectivity index (χ3n) is 3.25. The topological polar surface area (TPSA) is 32.7 Å². The Hall–Kier alpha value is -0.120. The fourth-order valence-electron chi connectivity index (χ4n) is 2.46. The zero-order valence-corrected chi connectivity index (χ0v) is 11.1. The molecule has 1 aliphatic rings. The van der Waals surface area contributed by atoms with Crippen molar-refractivity contribution in [2.45, 2.75) is 58.8 Å². The molecular formula is C13H27NO2. The van der Waals surface area contributed by atoms with Gasteiger partial charge in [0.15, 0.2) is 0 Å². The van der Waals surface area contributed by atoms with Gasteiger partial charge in [-0.25, -0.2) is 0 Å². The van der Waals surface area contributed by atoms with Crippen LogP contribution in [-0.2, 0) is 4.74 Å². The second-order valence-electron chi connectivity index (χ2n) is 5.48. The molecule has 3 heteroatoms. The van der Waals surface area contributed by atoms with E-state index in [0.29, 0.717) is 18.6 Å². The van der Waals surface area contributed by atoms with Crippen LogP contribution in [0.5, 0.6) is 0 Å². The zero-order valence-electron chi connectivity index (χ0n) is 11.1. The summed E-state index contributed by atoms with van der Waals surface area (Å²) in [6.07, 6.45) is 2.40. The summed E-state index contributed by atoms with van der Waals surface area (Å²) in [7, 11) is 0. The van der Waals surface area contributed by atoms with Crippen molar-refractivity contribution in [3.8, 4) is 0 Å². The van der Waals surface area contributed by atoms with Crippen molar-refractivity contribution in [3.05, 3.63) is 0 Å². The van der Waals surface area contributed by atoms with Gasteiger partial charge in [0.1, 0.15) is 0 Å². The Labute approximate surface area is 99.8 Å². The quantitative estimate of drug-likeness (QED) is 0.755. The Kier molecular flexibility index (Phi) is 5.73. The molecule has 0 aromatic heterocycles. The summed E-state index contributed by atoms with van der Waals surface area (Å²) in [5.74, 6) is 0.681. The van der Waals surface area contributed by atoms with Gasteiger partial charge in [0.05, 0.1) is 18.8 Å². The predicted octanol–water partition coefficient (Wildman–Crippen LogP) is 1.89. The van der Waals surface area contributed by atoms with E-state index in [1.807, 2.05) is 13.8 Å². The molecule has 1 N–H and O–H groups in total. The summed E-state index contributed by atoms with van der Waals surface area (Å²) in [5, 5.41) is 9.89. The molecule has 2 atom stereocenters. The molecule has 0 aromatic rings. The van der Waals surface area contributed by atoms with Gasteiger partial charge in [-0.1, -0.05) is 13.8 Å². The van der Waals surface area contributed by atoms with E-state index >= 15 is 0 Å². The molecule has 0 spiro atoms. The van der Waals surface area contributed by atoms with Gasteiger partial charge in [0.2, 0.25) is 0 Å². The predicted molar refractivity (Wildman–Crippen MR) is 66.5 cm³/mol. The van der Waals surface area contributed by atoms with E-state index < -0.39 is 0 Å². The van der Waals surface area contributed by atoms with Crippen LogP contribution in [0.4, 0.5) is 0 Å². The van der Waals surface area contributed by atoms with E-state index in [0.717, 1.165) is 13.1 Å². The molecule has 1 aliphatic heterocycles. The molecule has 1 fully saturated rings. The van der Waals surface area contributed by atoms with Crippen molar-refractivity contribution < 1.29 is 9.84 Å². The van der Waals surface area contributed by atoms with Crippen LogP contribution < -0.4 is 0 Å². The molecule has 0 bridgehead atoms. The summed E-state index contributed by atoms with van der Waals surface area (Å²) in [6.45, 7) is 10.9. The first-order valence-corrected chi connectivity index (χ1v) is 6.54. The maximum absolute atomic E-state index is 9.89. The van der Waals surface area contributed by atoms with Crippen LogP contribution in [0, 0.1) is 5.92 Å². The Bertz CT molecular complexity index is 194. The summed E-state index contributed by atoms with van der Waals surface area (Å²) < 4.78 is 5.43. The first kappa shape index (κ1) is 13.9. The van der Waals surface area contributed by atoms with Gasteiger partial charge in [-0.3, -0.25) is 4.90 Å². The number of likely N-dealkylation sites (tertiary alicyclic amines) is 1. The molecule has 0 radical (unpaired) electrons. The molecular weight excluding hydrogens is 202 g/mol. The Morgan fingerprint density at radius 2 is 2.00 bits per heavy atom. The molecule has 2 unspecified atom stereocenters. The van der Waals surface area contributed by atoms with E-state index in [-0.39, 0.29) is 12.2 Å². The van der Waals surface area contributed by atoms with Gasteiger partial charge >= 0.3 is 0 Å². The van der Waals surface area contributed by atoms with Crippen LogP contribution >= 0.6 is 0 Å². The standard InChI is InChI=1S/C13H27NO2/c1-10(2)13-6-5-7-14(13)8-12(15)9-16-11(3)4/h10-13,15H,5-9H2,1-4H3. The van der Waals surface area contributed by atoms with Crippen LogP contribution in [-0.4, -0.2) is 48.0 Å². The molecule has 0 aliphatic carbocycles. The molecule has 1 heterocycles.